The average Bonchev–Trinajstić information content (AvgIpc) is 3.49. The first kappa shape index (κ1) is 18.1. The number of ether oxygens (including phenoxy) is 1. The van der Waals surface area contributed by atoms with Crippen molar-refractivity contribution in [1.82, 2.24) is 29.9 Å². The summed E-state index contributed by atoms with van der Waals surface area (Å²) < 4.78 is 6.96. The van der Waals surface area contributed by atoms with Gasteiger partial charge in [-0.05, 0) is 50.5 Å². The van der Waals surface area contributed by atoms with E-state index in [0.29, 0.717) is 30.4 Å². The molecular weight excluding hydrogens is 356 g/mol. The second-order valence-corrected chi connectivity index (χ2v) is 6.74. The Morgan fingerprint density at radius 3 is 2.64 bits per heavy atom. The molecule has 0 aromatic carbocycles. The van der Waals surface area contributed by atoms with E-state index < -0.39 is 0 Å². The van der Waals surface area contributed by atoms with Crippen LogP contribution >= 0.6 is 0 Å². The second-order valence-electron chi connectivity index (χ2n) is 6.74. The third-order valence-electron chi connectivity index (χ3n) is 4.73. The van der Waals surface area contributed by atoms with Gasteiger partial charge in [-0.25, -0.2) is 4.68 Å². The molecule has 0 radical (unpaired) electrons. The zero-order valence-corrected chi connectivity index (χ0v) is 15.9. The highest BCUT2D eigenvalue weighted by atomic mass is 16.5. The van der Waals surface area contributed by atoms with E-state index in [0.717, 1.165) is 24.1 Å². The fourth-order valence-corrected chi connectivity index (χ4v) is 3.09. The van der Waals surface area contributed by atoms with E-state index in [1.165, 1.54) is 0 Å². The van der Waals surface area contributed by atoms with Crippen molar-refractivity contribution in [3.05, 3.63) is 59.7 Å². The highest BCUT2D eigenvalue weighted by Gasteiger charge is 2.34. The molecule has 4 rings (SSSR count). The molecule has 1 aliphatic carbocycles. The first-order valence-corrected chi connectivity index (χ1v) is 9.38. The zero-order chi connectivity index (χ0) is 19.5. The lowest BCUT2D eigenvalue weighted by molar-refractivity contribution is 0.0729. The summed E-state index contributed by atoms with van der Waals surface area (Å²) in [6, 6.07) is 7.69. The summed E-state index contributed by atoms with van der Waals surface area (Å²) in [6.45, 7) is 4.86. The van der Waals surface area contributed by atoms with E-state index in [4.69, 9.17) is 4.74 Å². The van der Waals surface area contributed by atoms with Crippen molar-refractivity contribution in [1.29, 1.82) is 0 Å². The molecule has 1 saturated carbocycles. The van der Waals surface area contributed by atoms with Crippen molar-refractivity contribution in [2.45, 2.75) is 39.3 Å². The fraction of sp³-hybridized carbons (Fsp3) is 0.350. The number of amides is 1. The van der Waals surface area contributed by atoms with Gasteiger partial charge in [0.05, 0.1) is 24.1 Å². The molecule has 28 heavy (non-hydrogen) atoms. The number of nitrogens with zero attached hydrogens (tertiary/aromatic N) is 6. The van der Waals surface area contributed by atoms with Crippen molar-refractivity contribution in [2.75, 3.05) is 6.61 Å². The lowest BCUT2D eigenvalue weighted by atomic mass is 10.2. The molecule has 8 nitrogen and oxygen atoms in total. The lowest BCUT2D eigenvalue weighted by Crippen LogP contribution is -2.32. The number of hydrogen-bond donors (Lipinski definition) is 0. The van der Waals surface area contributed by atoms with Crippen LogP contribution in [0.2, 0.25) is 0 Å². The molecule has 1 amide bonds. The fourth-order valence-electron chi connectivity index (χ4n) is 3.09. The van der Waals surface area contributed by atoms with Gasteiger partial charge in [-0.15, -0.1) is 10.2 Å². The zero-order valence-electron chi connectivity index (χ0n) is 15.9. The molecule has 144 valence electrons. The van der Waals surface area contributed by atoms with Gasteiger partial charge in [-0.1, -0.05) is 0 Å². The van der Waals surface area contributed by atoms with Crippen molar-refractivity contribution in [3.8, 4) is 11.7 Å². The number of hydrogen-bond acceptors (Lipinski definition) is 6. The molecule has 8 heteroatoms. The van der Waals surface area contributed by atoms with Gasteiger partial charge in [0.25, 0.3) is 5.91 Å². The predicted octanol–water partition coefficient (Wildman–Crippen LogP) is 2.57. The normalized spacial score (nSPS) is 13.4. The summed E-state index contributed by atoms with van der Waals surface area (Å²) in [7, 11) is 0. The number of carbonyl (C=O) groups is 1. The van der Waals surface area contributed by atoms with Gasteiger partial charge in [0.15, 0.2) is 5.82 Å². The van der Waals surface area contributed by atoms with Gasteiger partial charge < -0.3 is 9.64 Å². The van der Waals surface area contributed by atoms with Gasteiger partial charge in [-0.2, -0.15) is 5.10 Å². The van der Waals surface area contributed by atoms with Crippen LogP contribution < -0.4 is 4.74 Å². The highest BCUT2D eigenvalue weighted by molar-refractivity contribution is 5.95. The predicted molar refractivity (Wildman–Crippen MR) is 102 cm³/mol. The van der Waals surface area contributed by atoms with E-state index in [9.17, 15) is 4.79 Å². The molecule has 0 aliphatic heterocycles. The summed E-state index contributed by atoms with van der Waals surface area (Å²) in [5, 5.41) is 12.6. The Hall–Kier alpha value is -3.29. The van der Waals surface area contributed by atoms with E-state index >= 15 is 0 Å². The van der Waals surface area contributed by atoms with Crippen LogP contribution in [0.25, 0.3) is 5.82 Å². The van der Waals surface area contributed by atoms with Gasteiger partial charge in [0, 0.05) is 31.0 Å². The first-order valence-electron chi connectivity index (χ1n) is 9.38. The molecule has 0 saturated heterocycles. The Bertz CT molecular complexity index is 951. The largest absolute Gasteiger partial charge is 0.477 e. The summed E-state index contributed by atoms with van der Waals surface area (Å²) in [5.74, 6) is 0.999. The van der Waals surface area contributed by atoms with Crippen LogP contribution in [-0.2, 0) is 6.54 Å². The van der Waals surface area contributed by atoms with Crippen LogP contribution in [0.4, 0.5) is 0 Å². The molecule has 0 N–H and O–H groups in total. The van der Waals surface area contributed by atoms with E-state index in [-0.39, 0.29) is 11.9 Å². The van der Waals surface area contributed by atoms with Crippen LogP contribution in [0.5, 0.6) is 5.88 Å². The van der Waals surface area contributed by atoms with Gasteiger partial charge in [-0.3, -0.25) is 9.78 Å². The molecule has 3 aromatic rings. The van der Waals surface area contributed by atoms with Crippen LogP contribution in [0.3, 0.4) is 0 Å². The molecule has 3 heterocycles. The Labute approximate surface area is 163 Å². The third kappa shape index (κ3) is 3.71. The minimum Gasteiger partial charge on any atom is -0.477 e. The Kier molecular flexibility index (Phi) is 5.01. The van der Waals surface area contributed by atoms with E-state index in [2.05, 4.69) is 20.3 Å². The molecule has 0 bridgehead atoms. The molecular formula is C20H22N6O2. The van der Waals surface area contributed by atoms with Gasteiger partial charge >= 0.3 is 0 Å². The van der Waals surface area contributed by atoms with Crippen molar-refractivity contribution in [2.24, 2.45) is 0 Å². The van der Waals surface area contributed by atoms with Crippen molar-refractivity contribution < 1.29 is 9.53 Å². The summed E-state index contributed by atoms with van der Waals surface area (Å²) in [5.41, 5.74) is 2.39. The molecule has 3 aromatic heterocycles. The Balaban J connectivity index is 1.57. The summed E-state index contributed by atoms with van der Waals surface area (Å²) >= 11 is 0. The topological polar surface area (TPSA) is 86.0 Å². The van der Waals surface area contributed by atoms with Crippen LogP contribution in [0, 0.1) is 6.92 Å². The Morgan fingerprint density at radius 2 is 2.00 bits per heavy atom. The number of rotatable bonds is 7. The van der Waals surface area contributed by atoms with Crippen molar-refractivity contribution in [3.63, 3.8) is 0 Å². The Morgan fingerprint density at radius 1 is 1.21 bits per heavy atom. The average molecular weight is 378 g/mol. The van der Waals surface area contributed by atoms with Crippen LogP contribution in [-0.4, -0.2) is 48.4 Å². The number of carbonyl (C=O) groups excluding carboxylic acids is 1. The SMILES string of the molecule is CCOc1ccc(-n2ncc(C(=O)N(Cc3ccncc3)C3CC3)c2C)nn1. The van der Waals surface area contributed by atoms with E-state index in [1.807, 2.05) is 30.9 Å². The van der Waals surface area contributed by atoms with Crippen LogP contribution in [0.1, 0.15) is 41.4 Å². The maximum absolute atomic E-state index is 13.2. The molecule has 1 fully saturated rings. The molecule has 0 unspecified atom stereocenters. The highest BCUT2D eigenvalue weighted by Crippen LogP contribution is 2.30. The first-order chi connectivity index (χ1) is 13.7. The van der Waals surface area contributed by atoms with Gasteiger partial charge in [0.2, 0.25) is 5.88 Å². The van der Waals surface area contributed by atoms with Gasteiger partial charge in [0.1, 0.15) is 0 Å². The summed E-state index contributed by atoms with van der Waals surface area (Å²) in [4.78, 5) is 19.2. The maximum atomic E-state index is 13.2. The molecule has 1 aliphatic rings. The molecule has 0 spiro atoms. The minimum absolute atomic E-state index is 0.0121. The monoisotopic (exact) mass is 378 g/mol. The smallest absolute Gasteiger partial charge is 0.257 e. The standard InChI is InChI=1S/C20H22N6O2/c1-3-28-19-7-6-18(23-24-19)26-14(2)17(12-22-26)20(27)25(16-4-5-16)13-15-8-10-21-11-9-15/h6-12,16H,3-5,13H2,1-2H3. The lowest BCUT2D eigenvalue weighted by Gasteiger charge is -2.22. The summed E-state index contributed by atoms with van der Waals surface area (Å²) in [6.07, 6.45) is 7.18. The second kappa shape index (κ2) is 7.75. The minimum atomic E-state index is -0.0121. The number of aromatic nitrogens is 5. The number of pyridine rings is 1. The quantitative estimate of drug-likeness (QED) is 0.628. The van der Waals surface area contributed by atoms with Crippen molar-refractivity contribution >= 4 is 5.91 Å². The maximum Gasteiger partial charge on any atom is 0.257 e. The third-order valence-corrected chi connectivity index (χ3v) is 4.73. The van der Waals surface area contributed by atoms with E-state index in [1.54, 1.807) is 35.4 Å². The molecule has 0 atom stereocenters. The van der Waals surface area contributed by atoms with Crippen LogP contribution in [0.15, 0.2) is 42.9 Å².